The van der Waals surface area contributed by atoms with Crippen molar-refractivity contribution >= 4 is 19.5 Å². The molecule has 0 spiro atoms. The molecule has 0 saturated carbocycles. The van der Waals surface area contributed by atoms with Gasteiger partial charge >= 0.3 is 0 Å². The summed E-state index contributed by atoms with van der Waals surface area (Å²) in [6.45, 7) is 8.82. The Labute approximate surface area is 128 Å². The Morgan fingerprint density at radius 1 is 0.905 bits per heavy atom. The zero-order valence-corrected chi connectivity index (χ0v) is 14.1. The monoisotopic (exact) mass is 291 g/mol. The SMILES string of the molecule is Cc1ccc(C(C#C[Si](C)(C)C)=Nc2ccccc2)cc1. The number of para-hydroxylation sites is 1. The van der Waals surface area contributed by atoms with E-state index in [-0.39, 0.29) is 0 Å². The van der Waals surface area contributed by atoms with E-state index in [4.69, 9.17) is 4.99 Å². The van der Waals surface area contributed by atoms with Gasteiger partial charge in [0.25, 0.3) is 0 Å². The highest BCUT2D eigenvalue weighted by Crippen LogP contribution is 2.14. The molecule has 0 fully saturated rings. The molecule has 0 aliphatic rings. The summed E-state index contributed by atoms with van der Waals surface area (Å²) in [5.74, 6) is 3.31. The second-order valence-corrected chi connectivity index (χ2v) is 10.9. The largest absolute Gasteiger partial charge is 0.239 e. The lowest BCUT2D eigenvalue weighted by Crippen LogP contribution is -2.17. The second-order valence-electron chi connectivity index (χ2n) is 6.16. The molecule has 2 heteroatoms. The maximum Gasteiger partial charge on any atom is 0.129 e. The molecule has 2 aromatic rings. The molecule has 0 unspecified atom stereocenters. The van der Waals surface area contributed by atoms with Crippen LogP contribution in [0, 0.1) is 18.4 Å². The van der Waals surface area contributed by atoms with Crippen LogP contribution in [0.1, 0.15) is 11.1 Å². The minimum absolute atomic E-state index is 0.851. The molecule has 21 heavy (non-hydrogen) atoms. The maximum atomic E-state index is 4.73. The fourth-order valence-corrected chi connectivity index (χ4v) is 2.25. The third-order valence-corrected chi connectivity index (χ3v) is 3.75. The van der Waals surface area contributed by atoms with Gasteiger partial charge in [0.1, 0.15) is 13.8 Å². The first-order chi connectivity index (χ1) is 9.94. The lowest BCUT2D eigenvalue weighted by molar-refractivity contribution is 1.45. The van der Waals surface area contributed by atoms with Crippen LogP contribution in [0.3, 0.4) is 0 Å². The lowest BCUT2D eigenvalue weighted by atomic mass is 10.1. The van der Waals surface area contributed by atoms with Crippen molar-refractivity contribution in [3.8, 4) is 11.5 Å². The van der Waals surface area contributed by atoms with Crippen LogP contribution in [0.5, 0.6) is 0 Å². The summed E-state index contributed by atoms with van der Waals surface area (Å²) in [4.78, 5) is 4.73. The van der Waals surface area contributed by atoms with E-state index in [0.29, 0.717) is 0 Å². The van der Waals surface area contributed by atoms with Gasteiger partial charge in [0.15, 0.2) is 0 Å². The van der Waals surface area contributed by atoms with Gasteiger partial charge in [-0.25, -0.2) is 4.99 Å². The average molecular weight is 291 g/mol. The van der Waals surface area contributed by atoms with Crippen LogP contribution in [0.15, 0.2) is 59.6 Å². The Balaban J connectivity index is 2.46. The topological polar surface area (TPSA) is 12.4 Å². The molecule has 0 N–H and O–H groups in total. The van der Waals surface area contributed by atoms with Crippen molar-refractivity contribution in [2.24, 2.45) is 4.99 Å². The zero-order chi connectivity index (χ0) is 15.3. The third-order valence-electron chi connectivity index (χ3n) is 2.88. The van der Waals surface area contributed by atoms with Gasteiger partial charge in [-0.2, -0.15) is 0 Å². The second kappa shape index (κ2) is 6.56. The molecule has 0 heterocycles. The summed E-state index contributed by atoms with van der Waals surface area (Å²) in [5.41, 5.74) is 7.53. The van der Waals surface area contributed by atoms with Crippen molar-refractivity contribution in [1.82, 2.24) is 0 Å². The van der Waals surface area contributed by atoms with Gasteiger partial charge in [-0.1, -0.05) is 73.6 Å². The summed E-state index contributed by atoms with van der Waals surface area (Å²) in [6, 6.07) is 18.4. The van der Waals surface area contributed by atoms with Gasteiger partial charge in [0.2, 0.25) is 0 Å². The molecule has 106 valence electrons. The molecule has 0 aliphatic carbocycles. The van der Waals surface area contributed by atoms with Crippen LogP contribution in [-0.2, 0) is 0 Å². The summed E-state index contributed by atoms with van der Waals surface area (Å²) in [6.07, 6.45) is 0. The van der Waals surface area contributed by atoms with Crippen LogP contribution < -0.4 is 0 Å². The molecule has 1 nitrogen and oxygen atoms in total. The van der Waals surface area contributed by atoms with Crippen LogP contribution >= 0.6 is 0 Å². The van der Waals surface area contributed by atoms with E-state index < -0.39 is 8.07 Å². The van der Waals surface area contributed by atoms with Crippen molar-refractivity contribution in [3.05, 3.63) is 65.7 Å². The smallest absolute Gasteiger partial charge is 0.129 e. The van der Waals surface area contributed by atoms with Gasteiger partial charge in [0.05, 0.1) is 5.69 Å². The van der Waals surface area contributed by atoms with E-state index in [9.17, 15) is 0 Å². The summed E-state index contributed by atoms with van der Waals surface area (Å²) in [7, 11) is -1.42. The van der Waals surface area contributed by atoms with E-state index in [1.54, 1.807) is 0 Å². The quantitative estimate of drug-likeness (QED) is 0.419. The predicted molar refractivity (Wildman–Crippen MR) is 94.9 cm³/mol. The number of aliphatic imine (C=N–C) groups is 1. The van der Waals surface area contributed by atoms with E-state index in [2.05, 4.69) is 62.3 Å². The molecule has 0 bridgehead atoms. The highest BCUT2D eigenvalue weighted by atomic mass is 28.3. The van der Waals surface area contributed by atoms with Crippen molar-refractivity contribution < 1.29 is 0 Å². The molecule has 0 atom stereocenters. The molecule has 2 aromatic carbocycles. The standard InChI is InChI=1S/C19H21NSi/c1-16-10-12-17(13-11-16)19(14-15-21(2,3)4)20-18-8-6-5-7-9-18/h5-13H,1-4H3. The highest BCUT2D eigenvalue weighted by molar-refractivity contribution is 6.84. The maximum absolute atomic E-state index is 4.73. The van der Waals surface area contributed by atoms with E-state index in [1.807, 2.05) is 30.3 Å². The fraction of sp³-hybridized carbons (Fsp3) is 0.211. The molecule has 0 aliphatic heterocycles. The molecular weight excluding hydrogens is 270 g/mol. The molecule has 0 aromatic heterocycles. The first kappa shape index (κ1) is 15.3. The number of aryl methyl sites for hydroxylation is 1. The number of hydrogen-bond acceptors (Lipinski definition) is 1. The summed E-state index contributed by atoms with van der Waals surface area (Å²) in [5, 5.41) is 0. The number of nitrogens with zero attached hydrogens (tertiary/aromatic N) is 1. The minimum atomic E-state index is -1.42. The predicted octanol–water partition coefficient (Wildman–Crippen LogP) is 5.00. The Kier molecular flexibility index (Phi) is 4.77. The van der Waals surface area contributed by atoms with Gasteiger partial charge in [-0.15, -0.1) is 5.54 Å². The number of hydrogen-bond donors (Lipinski definition) is 0. The van der Waals surface area contributed by atoms with Crippen molar-refractivity contribution in [2.75, 3.05) is 0 Å². The van der Waals surface area contributed by atoms with Crippen molar-refractivity contribution in [1.29, 1.82) is 0 Å². The van der Waals surface area contributed by atoms with Gasteiger partial charge in [-0.3, -0.25) is 0 Å². The molecule has 2 rings (SSSR count). The van der Waals surface area contributed by atoms with Gasteiger partial charge in [0, 0.05) is 5.56 Å². The van der Waals surface area contributed by atoms with Crippen LogP contribution in [-0.4, -0.2) is 13.8 Å². The third kappa shape index (κ3) is 5.05. The highest BCUT2D eigenvalue weighted by Gasteiger charge is 2.09. The first-order valence-corrected chi connectivity index (χ1v) is 10.7. The molecule has 0 amide bonds. The Morgan fingerprint density at radius 2 is 1.52 bits per heavy atom. The summed E-state index contributed by atoms with van der Waals surface area (Å²) >= 11 is 0. The molecule has 0 radical (unpaired) electrons. The summed E-state index contributed by atoms with van der Waals surface area (Å²) < 4.78 is 0. The van der Waals surface area contributed by atoms with Crippen LogP contribution in [0.25, 0.3) is 0 Å². The lowest BCUT2D eigenvalue weighted by Gasteiger charge is -2.05. The van der Waals surface area contributed by atoms with E-state index in [1.165, 1.54) is 5.56 Å². The minimum Gasteiger partial charge on any atom is -0.239 e. The van der Waals surface area contributed by atoms with Crippen LogP contribution in [0.2, 0.25) is 19.6 Å². The molecular formula is C19H21NSi. The number of benzene rings is 2. The normalized spacial score (nSPS) is 11.7. The van der Waals surface area contributed by atoms with Crippen molar-refractivity contribution in [3.63, 3.8) is 0 Å². The Bertz CT molecular complexity index is 680. The first-order valence-electron chi connectivity index (χ1n) is 7.18. The van der Waals surface area contributed by atoms with Gasteiger partial charge in [-0.05, 0) is 19.1 Å². The van der Waals surface area contributed by atoms with E-state index >= 15 is 0 Å². The average Bonchev–Trinajstić information content (AvgIpc) is 2.45. The Morgan fingerprint density at radius 3 is 2.10 bits per heavy atom. The van der Waals surface area contributed by atoms with Crippen molar-refractivity contribution in [2.45, 2.75) is 26.6 Å². The van der Waals surface area contributed by atoms with Gasteiger partial charge < -0.3 is 0 Å². The Hall–Kier alpha value is -2.11. The van der Waals surface area contributed by atoms with E-state index in [0.717, 1.165) is 17.0 Å². The fourth-order valence-electron chi connectivity index (χ4n) is 1.75. The van der Waals surface area contributed by atoms with Crippen LogP contribution in [0.4, 0.5) is 5.69 Å². The number of rotatable bonds is 2. The zero-order valence-electron chi connectivity index (χ0n) is 13.1. The molecule has 0 saturated heterocycles.